The third-order valence-corrected chi connectivity index (χ3v) is 3.83. The molecule has 3 nitrogen and oxygen atoms in total. The molecule has 1 fully saturated rings. The van der Waals surface area contributed by atoms with Crippen molar-refractivity contribution in [3.8, 4) is 5.75 Å². The molecule has 3 heteroatoms. The fourth-order valence-electron chi connectivity index (χ4n) is 2.84. The molecule has 1 aromatic rings. The summed E-state index contributed by atoms with van der Waals surface area (Å²) in [6.07, 6.45) is 4.88. The Bertz CT molecular complexity index is 406. The predicted molar refractivity (Wildman–Crippen MR) is 81.9 cm³/mol. The molecule has 19 heavy (non-hydrogen) atoms. The van der Waals surface area contributed by atoms with Crippen LogP contribution in [0.2, 0.25) is 0 Å². The molecule has 2 rings (SSSR count). The van der Waals surface area contributed by atoms with Crippen molar-refractivity contribution in [3.05, 3.63) is 18.2 Å². The van der Waals surface area contributed by atoms with Gasteiger partial charge >= 0.3 is 0 Å². The first kappa shape index (κ1) is 14.0. The number of benzene rings is 1. The van der Waals surface area contributed by atoms with E-state index in [1.165, 1.54) is 19.3 Å². The van der Waals surface area contributed by atoms with Gasteiger partial charge in [-0.15, -0.1) is 0 Å². The predicted octanol–water partition coefficient (Wildman–Crippen LogP) is 3.68. The monoisotopic (exact) mass is 262 g/mol. The number of ether oxygens (including phenoxy) is 1. The molecule has 2 N–H and O–H groups in total. The third-order valence-electron chi connectivity index (χ3n) is 3.83. The van der Waals surface area contributed by atoms with E-state index < -0.39 is 0 Å². The van der Waals surface area contributed by atoms with Crippen LogP contribution in [0.3, 0.4) is 0 Å². The summed E-state index contributed by atoms with van der Waals surface area (Å²) in [7, 11) is 0. The number of hydrogen-bond acceptors (Lipinski definition) is 3. The van der Waals surface area contributed by atoms with E-state index in [2.05, 4.69) is 24.8 Å². The molecule has 1 atom stereocenters. The van der Waals surface area contributed by atoms with Gasteiger partial charge in [0, 0.05) is 13.1 Å². The second-order valence-corrected chi connectivity index (χ2v) is 5.43. The lowest BCUT2D eigenvalue weighted by atomic mass is 10.0. The molecule has 1 heterocycles. The summed E-state index contributed by atoms with van der Waals surface area (Å²) in [5, 5.41) is 0. The van der Waals surface area contributed by atoms with Gasteiger partial charge in [0.05, 0.1) is 18.0 Å². The van der Waals surface area contributed by atoms with Crippen LogP contribution in [0.15, 0.2) is 18.2 Å². The summed E-state index contributed by atoms with van der Waals surface area (Å²) in [5.74, 6) is 1.66. The fourth-order valence-corrected chi connectivity index (χ4v) is 2.84. The first-order chi connectivity index (χ1) is 9.26. The molecule has 0 spiro atoms. The lowest BCUT2D eigenvalue weighted by Gasteiger charge is -2.22. The second kappa shape index (κ2) is 6.69. The van der Waals surface area contributed by atoms with Crippen LogP contribution < -0.4 is 15.4 Å². The van der Waals surface area contributed by atoms with Crippen LogP contribution in [0.25, 0.3) is 0 Å². The summed E-state index contributed by atoms with van der Waals surface area (Å²) in [4.78, 5) is 2.41. The molecule has 0 amide bonds. The van der Waals surface area contributed by atoms with Gasteiger partial charge in [-0.05, 0) is 37.3 Å². The first-order valence-corrected chi connectivity index (χ1v) is 7.52. The number of nitrogens with two attached hydrogens (primary N) is 1. The molecular formula is C16H26N2O. The van der Waals surface area contributed by atoms with Gasteiger partial charge in [0.2, 0.25) is 0 Å². The molecule has 1 unspecified atom stereocenters. The Morgan fingerprint density at radius 1 is 1.32 bits per heavy atom. The highest BCUT2D eigenvalue weighted by Crippen LogP contribution is 2.35. The Kier molecular flexibility index (Phi) is 4.94. The zero-order valence-electron chi connectivity index (χ0n) is 12.2. The molecule has 0 aromatic heterocycles. The molecule has 0 bridgehead atoms. The molecule has 106 valence electrons. The molecule has 0 saturated carbocycles. The van der Waals surface area contributed by atoms with E-state index in [-0.39, 0.29) is 0 Å². The van der Waals surface area contributed by atoms with Gasteiger partial charge in [-0.1, -0.05) is 26.3 Å². The summed E-state index contributed by atoms with van der Waals surface area (Å²) < 4.78 is 5.71. The quantitative estimate of drug-likeness (QED) is 0.795. The van der Waals surface area contributed by atoms with Crippen LogP contribution >= 0.6 is 0 Å². The van der Waals surface area contributed by atoms with Gasteiger partial charge in [-0.2, -0.15) is 0 Å². The van der Waals surface area contributed by atoms with Crippen molar-refractivity contribution < 1.29 is 4.74 Å². The van der Waals surface area contributed by atoms with Crippen molar-refractivity contribution in [2.75, 3.05) is 30.3 Å². The molecule has 0 aliphatic carbocycles. The lowest BCUT2D eigenvalue weighted by Crippen LogP contribution is -2.21. The summed E-state index contributed by atoms with van der Waals surface area (Å²) in [5.41, 5.74) is 8.20. The molecular weight excluding hydrogens is 236 g/mol. The van der Waals surface area contributed by atoms with Crippen molar-refractivity contribution >= 4 is 11.4 Å². The van der Waals surface area contributed by atoms with Crippen molar-refractivity contribution in [1.29, 1.82) is 0 Å². The Morgan fingerprint density at radius 2 is 2.16 bits per heavy atom. The smallest absolute Gasteiger partial charge is 0.144 e. The molecule has 1 aliphatic rings. The van der Waals surface area contributed by atoms with Crippen LogP contribution in [0.5, 0.6) is 5.75 Å². The van der Waals surface area contributed by atoms with Crippen molar-refractivity contribution in [1.82, 2.24) is 0 Å². The van der Waals surface area contributed by atoms with E-state index in [0.717, 1.165) is 49.2 Å². The van der Waals surface area contributed by atoms with Crippen molar-refractivity contribution in [2.45, 2.75) is 39.5 Å². The molecule has 0 radical (unpaired) electrons. The van der Waals surface area contributed by atoms with Gasteiger partial charge in [-0.3, -0.25) is 0 Å². The van der Waals surface area contributed by atoms with Gasteiger partial charge in [-0.25, -0.2) is 0 Å². The minimum absolute atomic E-state index is 0.728. The van der Waals surface area contributed by atoms with E-state index >= 15 is 0 Å². The number of nitrogens with zero attached hydrogens (tertiary/aromatic N) is 1. The largest absolute Gasteiger partial charge is 0.491 e. The number of anilines is 2. The van der Waals surface area contributed by atoms with Gasteiger partial charge in [0.1, 0.15) is 5.75 Å². The summed E-state index contributed by atoms with van der Waals surface area (Å²) >= 11 is 0. The minimum atomic E-state index is 0.728. The van der Waals surface area contributed by atoms with E-state index in [1.807, 2.05) is 12.1 Å². The zero-order valence-corrected chi connectivity index (χ0v) is 12.2. The lowest BCUT2D eigenvalue weighted by molar-refractivity contribution is 0.319. The third kappa shape index (κ3) is 3.34. The fraction of sp³-hybridized carbons (Fsp3) is 0.625. The maximum absolute atomic E-state index is 6.26. The van der Waals surface area contributed by atoms with Gasteiger partial charge < -0.3 is 15.4 Å². The van der Waals surface area contributed by atoms with Crippen LogP contribution in [0.1, 0.15) is 39.5 Å². The SMILES string of the molecule is CCCOc1cccc(N2CCC(CCC)C2)c1N. The molecule has 1 saturated heterocycles. The number of nitrogen functional groups attached to an aromatic ring is 1. The molecule has 1 aliphatic heterocycles. The summed E-state index contributed by atoms with van der Waals surface area (Å²) in [6, 6.07) is 6.13. The number of para-hydroxylation sites is 1. The second-order valence-electron chi connectivity index (χ2n) is 5.43. The van der Waals surface area contributed by atoms with Crippen LogP contribution in [0.4, 0.5) is 11.4 Å². The Balaban J connectivity index is 2.08. The Morgan fingerprint density at radius 3 is 2.89 bits per heavy atom. The van der Waals surface area contributed by atoms with E-state index in [9.17, 15) is 0 Å². The topological polar surface area (TPSA) is 38.5 Å². The zero-order chi connectivity index (χ0) is 13.7. The summed E-state index contributed by atoms with van der Waals surface area (Å²) in [6.45, 7) is 7.35. The maximum Gasteiger partial charge on any atom is 0.144 e. The minimum Gasteiger partial charge on any atom is -0.491 e. The highest BCUT2D eigenvalue weighted by Gasteiger charge is 2.23. The average molecular weight is 262 g/mol. The van der Waals surface area contributed by atoms with Gasteiger partial charge in [0.25, 0.3) is 0 Å². The molecule has 1 aromatic carbocycles. The maximum atomic E-state index is 6.26. The van der Waals surface area contributed by atoms with Gasteiger partial charge in [0.15, 0.2) is 0 Å². The Hall–Kier alpha value is -1.38. The average Bonchev–Trinajstić information content (AvgIpc) is 2.86. The van der Waals surface area contributed by atoms with Crippen LogP contribution in [-0.4, -0.2) is 19.7 Å². The highest BCUT2D eigenvalue weighted by atomic mass is 16.5. The van der Waals surface area contributed by atoms with E-state index in [4.69, 9.17) is 10.5 Å². The highest BCUT2D eigenvalue weighted by molar-refractivity contribution is 5.74. The van der Waals surface area contributed by atoms with Crippen LogP contribution in [0, 0.1) is 5.92 Å². The van der Waals surface area contributed by atoms with Crippen LogP contribution in [-0.2, 0) is 0 Å². The van der Waals surface area contributed by atoms with Crippen molar-refractivity contribution in [3.63, 3.8) is 0 Å². The standard InChI is InChI=1S/C16H26N2O/c1-3-6-13-9-10-18(12-13)14-7-5-8-15(16(14)17)19-11-4-2/h5,7-8,13H,3-4,6,9-12,17H2,1-2H3. The number of rotatable bonds is 6. The van der Waals surface area contributed by atoms with Crippen molar-refractivity contribution in [2.24, 2.45) is 5.92 Å². The normalized spacial score (nSPS) is 18.8. The van der Waals surface area contributed by atoms with E-state index in [1.54, 1.807) is 0 Å². The number of hydrogen-bond donors (Lipinski definition) is 1. The first-order valence-electron chi connectivity index (χ1n) is 7.52. The Labute approximate surface area is 116 Å². The van der Waals surface area contributed by atoms with E-state index in [0.29, 0.717) is 0 Å².